The van der Waals surface area contributed by atoms with Crippen molar-refractivity contribution in [2.75, 3.05) is 13.7 Å². The van der Waals surface area contributed by atoms with E-state index in [0.717, 1.165) is 30.7 Å². The highest BCUT2D eigenvalue weighted by Gasteiger charge is 2.24. The van der Waals surface area contributed by atoms with Crippen molar-refractivity contribution in [3.63, 3.8) is 0 Å². The molecule has 1 aromatic rings. The van der Waals surface area contributed by atoms with Gasteiger partial charge >= 0.3 is 0 Å². The third-order valence-corrected chi connectivity index (χ3v) is 3.30. The zero-order valence-electron chi connectivity index (χ0n) is 10.4. The number of hydrogen-bond acceptors (Lipinski definition) is 4. The Morgan fingerprint density at radius 3 is 2.94 bits per heavy atom. The number of nitriles is 2. The molecule has 0 spiro atoms. The maximum Gasteiger partial charge on any atom is 0.123 e. The molecule has 0 bridgehead atoms. The van der Waals surface area contributed by atoms with E-state index in [0.29, 0.717) is 12.1 Å². The zero-order valence-corrected chi connectivity index (χ0v) is 10.4. The Balaban J connectivity index is 2.22. The molecule has 1 aromatic carbocycles. The summed E-state index contributed by atoms with van der Waals surface area (Å²) in [5.74, 6) is 0.776. The Kier molecular flexibility index (Phi) is 3.82. The molecule has 1 unspecified atom stereocenters. The molecular formula is C14H15N3O. The van der Waals surface area contributed by atoms with E-state index in [4.69, 9.17) is 15.3 Å². The maximum atomic E-state index is 9.07. The minimum atomic E-state index is -0.0135. The van der Waals surface area contributed by atoms with Crippen molar-refractivity contribution in [2.45, 2.75) is 25.4 Å². The molecule has 0 radical (unpaired) electrons. The van der Waals surface area contributed by atoms with Crippen LogP contribution in [0.3, 0.4) is 0 Å². The van der Waals surface area contributed by atoms with Gasteiger partial charge in [-0.2, -0.15) is 10.5 Å². The summed E-state index contributed by atoms with van der Waals surface area (Å²) in [6, 6.07) is 9.83. The smallest absolute Gasteiger partial charge is 0.123 e. The monoisotopic (exact) mass is 241 g/mol. The Labute approximate surface area is 107 Å². The van der Waals surface area contributed by atoms with Gasteiger partial charge in [0.15, 0.2) is 0 Å². The standard InChI is InChI=1S/C14H15N3O/c1-18-14-5-4-11(8-15)7-12(14)10-17-6-2-3-13(17)9-16/h4-5,7,13H,2-3,6,10H2,1H3. The van der Waals surface area contributed by atoms with Crippen molar-refractivity contribution in [1.82, 2.24) is 4.90 Å². The first kappa shape index (κ1) is 12.4. The van der Waals surface area contributed by atoms with Crippen LogP contribution in [-0.4, -0.2) is 24.6 Å². The number of benzene rings is 1. The molecule has 0 aromatic heterocycles. The van der Waals surface area contributed by atoms with Crippen LogP contribution in [0.25, 0.3) is 0 Å². The normalized spacial score (nSPS) is 19.2. The summed E-state index contributed by atoms with van der Waals surface area (Å²) in [5, 5.41) is 18.0. The SMILES string of the molecule is COc1ccc(C#N)cc1CN1CCCC1C#N. The van der Waals surface area contributed by atoms with E-state index >= 15 is 0 Å². The topological polar surface area (TPSA) is 60.0 Å². The summed E-state index contributed by atoms with van der Waals surface area (Å²) in [4.78, 5) is 2.14. The summed E-state index contributed by atoms with van der Waals surface area (Å²) in [5.41, 5.74) is 1.59. The second-order valence-electron chi connectivity index (χ2n) is 4.40. The van der Waals surface area contributed by atoms with Gasteiger partial charge in [-0.3, -0.25) is 4.90 Å². The zero-order chi connectivity index (χ0) is 13.0. The highest BCUT2D eigenvalue weighted by molar-refractivity contribution is 5.42. The van der Waals surface area contributed by atoms with E-state index < -0.39 is 0 Å². The highest BCUT2D eigenvalue weighted by Crippen LogP contribution is 2.25. The van der Waals surface area contributed by atoms with Gasteiger partial charge in [-0.15, -0.1) is 0 Å². The highest BCUT2D eigenvalue weighted by atomic mass is 16.5. The van der Waals surface area contributed by atoms with Crippen molar-refractivity contribution >= 4 is 0 Å². The third-order valence-electron chi connectivity index (χ3n) is 3.30. The number of ether oxygens (including phenoxy) is 1. The summed E-state index contributed by atoms with van der Waals surface area (Å²) in [7, 11) is 1.62. The summed E-state index contributed by atoms with van der Waals surface area (Å²) in [6.45, 7) is 1.59. The molecule has 1 heterocycles. The van der Waals surface area contributed by atoms with Gasteiger partial charge in [0.25, 0.3) is 0 Å². The number of methoxy groups -OCH3 is 1. The minimum absolute atomic E-state index is 0.0135. The second-order valence-corrected chi connectivity index (χ2v) is 4.40. The Morgan fingerprint density at radius 1 is 1.44 bits per heavy atom. The van der Waals surface area contributed by atoms with Crippen LogP contribution in [0.2, 0.25) is 0 Å². The molecular weight excluding hydrogens is 226 g/mol. The van der Waals surface area contributed by atoms with Gasteiger partial charge in [-0.1, -0.05) is 0 Å². The molecule has 1 aliphatic heterocycles. The van der Waals surface area contributed by atoms with Crippen LogP contribution in [0.15, 0.2) is 18.2 Å². The van der Waals surface area contributed by atoms with E-state index in [1.807, 2.05) is 12.1 Å². The average Bonchev–Trinajstić information content (AvgIpc) is 2.86. The largest absolute Gasteiger partial charge is 0.496 e. The van der Waals surface area contributed by atoms with Crippen LogP contribution in [0.5, 0.6) is 5.75 Å². The first-order valence-corrected chi connectivity index (χ1v) is 5.99. The fourth-order valence-corrected chi connectivity index (χ4v) is 2.35. The van der Waals surface area contributed by atoms with Gasteiger partial charge in [0.05, 0.1) is 30.9 Å². The molecule has 0 N–H and O–H groups in total. The van der Waals surface area contributed by atoms with Crippen molar-refractivity contribution in [3.05, 3.63) is 29.3 Å². The van der Waals surface area contributed by atoms with Gasteiger partial charge in [0, 0.05) is 12.1 Å². The Hall–Kier alpha value is -2.04. The first-order chi connectivity index (χ1) is 8.78. The second kappa shape index (κ2) is 5.53. The van der Waals surface area contributed by atoms with Crippen LogP contribution in [0.1, 0.15) is 24.0 Å². The number of likely N-dealkylation sites (tertiary alicyclic amines) is 1. The lowest BCUT2D eigenvalue weighted by molar-refractivity contribution is 0.280. The van der Waals surface area contributed by atoms with Crippen LogP contribution in [0, 0.1) is 22.7 Å². The van der Waals surface area contributed by atoms with E-state index in [2.05, 4.69) is 17.0 Å². The summed E-state index contributed by atoms with van der Waals surface area (Å²) < 4.78 is 5.31. The lowest BCUT2D eigenvalue weighted by atomic mass is 10.1. The Morgan fingerprint density at radius 2 is 2.28 bits per heavy atom. The van der Waals surface area contributed by atoms with Crippen molar-refractivity contribution in [1.29, 1.82) is 10.5 Å². The van der Waals surface area contributed by atoms with Crippen LogP contribution >= 0.6 is 0 Å². The van der Waals surface area contributed by atoms with Crippen molar-refractivity contribution in [2.24, 2.45) is 0 Å². The predicted octanol–water partition coefficient (Wildman–Crippen LogP) is 2.05. The molecule has 4 heteroatoms. The van der Waals surface area contributed by atoms with E-state index in [1.165, 1.54) is 0 Å². The fraction of sp³-hybridized carbons (Fsp3) is 0.429. The van der Waals surface area contributed by atoms with Crippen LogP contribution in [-0.2, 0) is 6.54 Å². The molecule has 1 atom stereocenters. The number of hydrogen-bond donors (Lipinski definition) is 0. The van der Waals surface area contributed by atoms with Gasteiger partial charge < -0.3 is 4.74 Å². The van der Waals surface area contributed by atoms with Crippen LogP contribution in [0.4, 0.5) is 0 Å². The van der Waals surface area contributed by atoms with E-state index in [-0.39, 0.29) is 6.04 Å². The molecule has 0 aliphatic carbocycles. The molecule has 18 heavy (non-hydrogen) atoms. The van der Waals surface area contributed by atoms with Crippen molar-refractivity contribution in [3.8, 4) is 17.9 Å². The molecule has 2 rings (SSSR count). The summed E-state index contributed by atoms with van der Waals surface area (Å²) >= 11 is 0. The lowest BCUT2D eigenvalue weighted by Crippen LogP contribution is -2.27. The average molecular weight is 241 g/mol. The fourth-order valence-electron chi connectivity index (χ4n) is 2.35. The van der Waals surface area contributed by atoms with Crippen LogP contribution < -0.4 is 4.74 Å². The van der Waals surface area contributed by atoms with E-state index in [9.17, 15) is 0 Å². The van der Waals surface area contributed by atoms with Gasteiger partial charge in [0.1, 0.15) is 5.75 Å². The molecule has 1 aliphatic rings. The quantitative estimate of drug-likeness (QED) is 0.812. The number of nitrogens with zero attached hydrogens (tertiary/aromatic N) is 3. The Bertz CT molecular complexity index is 513. The van der Waals surface area contributed by atoms with E-state index in [1.54, 1.807) is 13.2 Å². The molecule has 92 valence electrons. The van der Waals surface area contributed by atoms with Gasteiger partial charge in [0.2, 0.25) is 0 Å². The first-order valence-electron chi connectivity index (χ1n) is 5.99. The molecule has 0 amide bonds. The van der Waals surface area contributed by atoms with Crippen molar-refractivity contribution < 1.29 is 4.74 Å². The molecule has 0 saturated carbocycles. The molecule has 1 saturated heterocycles. The number of rotatable bonds is 3. The molecule has 4 nitrogen and oxygen atoms in total. The maximum absolute atomic E-state index is 9.07. The predicted molar refractivity (Wildman–Crippen MR) is 66.8 cm³/mol. The minimum Gasteiger partial charge on any atom is -0.496 e. The lowest BCUT2D eigenvalue weighted by Gasteiger charge is -2.20. The van der Waals surface area contributed by atoms with Gasteiger partial charge in [-0.25, -0.2) is 0 Å². The third kappa shape index (κ3) is 2.45. The molecule has 1 fully saturated rings. The van der Waals surface area contributed by atoms with Gasteiger partial charge in [-0.05, 0) is 37.6 Å². The summed E-state index contributed by atoms with van der Waals surface area (Å²) in [6.07, 6.45) is 1.98.